The second-order valence-electron chi connectivity index (χ2n) is 5.71. The summed E-state index contributed by atoms with van der Waals surface area (Å²) in [5, 5.41) is 4.93. The number of nitrogens with one attached hydrogen (secondary N) is 1. The van der Waals surface area contributed by atoms with Crippen LogP contribution in [0.25, 0.3) is 10.8 Å². The Bertz CT molecular complexity index is 958. The van der Waals surface area contributed by atoms with Crippen molar-refractivity contribution in [2.24, 2.45) is 0 Å². The number of carbonyl (C=O) groups excluding carboxylic acids is 2. The van der Waals surface area contributed by atoms with Crippen molar-refractivity contribution in [1.82, 2.24) is 0 Å². The van der Waals surface area contributed by atoms with Gasteiger partial charge in [-0.2, -0.15) is 0 Å². The van der Waals surface area contributed by atoms with Gasteiger partial charge in [0.1, 0.15) is 5.75 Å². The molecule has 6 heteroatoms. The molecule has 27 heavy (non-hydrogen) atoms. The fraction of sp³-hybridized carbons (Fsp3) is 0.143. The molecular weight excluding hydrogens is 362 g/mol. The molecule has 0 atom stereocenters. The summed E-state index contributed by atoms with van der Waals surface area (Å²) in [5.74, 6) is -0.170. The summed E-state index contributed by atoms with van der Waals surface area (Å²) in [6.45, 7) is -0.338. The van der Waals surface area contributed by atoms with Crippen LogP contribution in [0.15, 0.2) is 71.6 Å². The molecule has 1 N–H and O–H groups in total. The zero-order valence-electron chi connectivity index (χ0n) is 14.8. The van der Waals surface area contributed by atoms with Crippen molar-refractivity contribution < 1.29 is 19.1 Å². The Labute approximate surface area is 161 Å². The summed E-state index contributed by atoms with van der Waals surface area (Å²) in [7, 11) is 1.52. The topological polar surface area (TPSA) is 64.6 Å². The van der Waals surface area contributed by atoms with Gasteiger partial charge in [-0.15, -0.1) is 11.8 Å². The Hall–Kier alpha value is -2.99. The maximum absolute atomic E-state index is 12.0. The van der Waals surface area contributed by atoms with Crippen molar-refractivity contribution in [2.45, 2.75) is 4.90 Å². The third-order valence-corrected chi connectivity index (χ3v) is 4.79. The highest BCUT2D eigenvalue weighted by Crippen LogP contribution is 2.24. The minimum Gasteiger partial charge on any atom is -0.495 e. The lowest BCUT2D eigenvalue weighted by atomic mass is 10.1. The normalized spacial score (nSPS) is 10.4. The number of ether oxygens (including phenoxy) is 2. The predicted octanol–water partition coefficient (Wildman–Crippen LogP) is 4.12. The summed E-state index contributed by atoms with van der Waals surface area (Å²) in [6.07, 6.45) is 0. The summed E-state index contributed by atoms with van der Waals surface area (Å²) in [6, 6.07) is 21.1. The standard InChI is InChI=1S/C21H19NO4S/c1-25-19-9-5-4-8-18(19)22-20(23)13-26-21(24)14-27-17-11-10-15-6-2-3-7-16(15)12-17/h2-12H,13-14H2,1H3,(H,22,23). The number of thioether (sulfide) groups is 1. The first-order valence-electron chi connectivity index (χ1n) is 8.36. The Kier molecular flexibility index (Phi) is 6.33. The van der Waals surface area contributed by atoms with Crippen LogP contribution in [0, 0.1) is 0 Å². The van der Waals surface area contributed by atoms with Crippen LogP contribution in [0.5, 0.6) is 5.75 Å². The molecule has 0 aliphatic carbocycles. The molecular formula is C21H19NO4S. The number of esters is 1. The quantitative estimate of drug-likeness (QED) is 0.493. The molecule has 0 bridgehead atoms. The SMILES string of the molecule is COc1ccccc1NC(=O)COC(=O)CSc1ccc2ccccc2c1. The molecule has 0 fully saturated rings. The number of benzene rings is 3. The van der Waals surface area contributed by atoms with E-state index in [1.54, 1.807) is 24.3 Å². The average molecular weight is 381 g/mol. The lowest BCUT2D eigenvalue weighted by molar-refractivity contribution is -0.144. The molecule has 0 heterocycles. The molecule has 0 saturated heterocycles. The maximum Gasteiger partial charge on any atom is 0.316 e. The monoisotopic (exact) mass is 381 g/mol. The minimum absolute atomic E-state index is 0.139. The zero-order valence-corrected chi connectivity index (χ0v) is 15.6. The molecule has 0 aliphatic heterocycles. The highest BCUT2D eigenvalue weighted by atomic mass is 32.2. The number of rotatable bonds is 7. The van der Waals surface area contributed by atoms with Crippen LogP contribution in [0.3, 0.4) is 0 Å². The number of fused-ring (bicyclic) bond motifs is 1. The Morgan fingerprint density at radius 1 is 0.963 bits per heavy atom. The van der Waals surface area contributed by atoms with Crippen molar-refractivity contribution in [3.05, 3.63) is 66.7 Å². The van der Waals surface area contributed by atoms with Crippen LogP contribution in [0.4, 0.5) is 5.69 Å². The molecule has 3 aromatic rings. The molecule has 3 rings (SSSR count). The summed E-state index contributed by atoms with van der Waals surface area (Å²) >= 11 is 1.38. The van der Waals surface area contributed by atoms with Crippen LogP contribution in [0.1, 0.15) is 0 Å². The lowest BCUT2D eigenvalue weighted by Crippen LogP contribution is -2.21. The Balaban J connectivity index is 1.46. The van der Waals surface area contributed by atoms with Crippen LogP contribution in [0.2, 0.25) is 0 Å². The predicted molar refractivity (Wildman–Crippen MR) is 107 cm³/mol. The molecule has 0 aromatic heterocycles. The van der Waals surface area contributed by atoms with Crippen molar-refractivity contribution in [3.63, 3.8) is 0 Å². The van der Waals surface area contributed by atoms with Gasteiger partial charge in [0, 0.05) is 4.90 Å². The number of hydrogen-bond acceptors (Lipinski definition) is 5. The second-order valence-corrected chi connectivity index (χ2v) is 6.76. The van der Waals surface area contributed by atoms with E-state index in [0.29, 0.717) is 11.4 Å². The van der Waals surface area contributed by atoms with E-state index >= 15 is 0 Å². The number of hydrogen-bond donors (Lipinski definition) is 1. The highest BCUT2D eigenvalue weighted by Gasteiger charge is 2.11. The van der Waals surface area contributed by atoms with Crippen LogP contribution in [-0.4, -0.2) is 31.3 Å². The molecule has 0 spiro atoms. The zero-order chi connectivity index (χ0) is 19.1. The van der Waals surface area contributed by atoms with E-state index < -0.39 is 11.9 Å². The van der Waals surface area contributed by atoms with Crippen molar-refractivity contribution in [1.29, 1.82) is 0 Å². The third-order valence-electron chi connectivity index (χ3n) is 3.82. The highest BCUT2D eigenvalue weighted by molar-refractivity contribution is 8.00. The maximum atomic E-state index is 12.0. The van der Waals surface area contributed by atoms with Crippen LogP contribution in [-0.2, 0) is 14.3 Å². The van der Waals surface area contributed by atoms with Crippen LogP contribution < -0.4 is 10.1 Å². The number of para-hydroxylation sites is 2. The molecule has 0 unspecified atom stereocenters. The van der Waals surface area contributed by atoms with E-state index in [4.69, 9.17) is 9.47 Å². The molecule has 0 aliphatic rings. The summed E-state index contributed by atoms with van der Waals surface area (Å²) in [5.41, 5.74) is 0.534. The van der Waals surface area contributed by atoms with Crippen molar-refractivity contribution in [3.8, 4) is 5.75 Å². The van der Waals surface area contributed by atoms with Gasteiger partial charge in [-0.05, 0) is 35.0 Å². The van der Waals surface area contributed by atoms with E-state index in [1.165, 1.54) is 18.9 Å². The first-order chi connectivity index (χ1) is 13.2. The molecule has 0 radical (unpaired) electrons. The Morgan fingerprint density at radius 2 is 1.70 bits per heavy atom. The fourth-order valence-electron chi connectivity index (χ4n) is 2.52. The van der Waals surface area contributed by atoms with Gasteiger partial charge in [0.05, 0.1) is 18.6 Å². The smallest absolute Gasteiger partial charge is 0.316 e. The number of methoxy groups -OCH3 is 1. The molecule has 138 valence electrons. The van der Waals surface area contributed by atoms with Gasteiger partial charge >= 0.3 is 5.97 Å². The van der Waals surface area contributed by atoms with Crippen molar-refractivity contribution in [2.75, 3.05) is 24.8 Å². The summed E-state index contributed by atoms with van der Waals surface area (Å²) < 4.78 is 10.2. The van der Waals surface area contributed by atoms with Crippen molar-refractivity contribution >= 4 is 40.1 Å². The second kappa shape index (κ2) is 9.09. The number of anilines is 1. The number of carbonyl (C=O) groups is 2. The van der Waals surface area contributed by atoms with Gasteiger partial charge in [-0.25, -0.2) is 0 Å². The summed E-state index contributed by atoms with van der Waals surface area (Å²) in [4.78, 5) is 24.8. The first-order valence-corrected chi connectivity index (χ1v) is 9.34. The largest absolute Gasteiger partial charge is 0.495 e. The van der Waals surface area contributed by atoms with Gasteiger partial charge in [0.2, 0.25) is 0 Å². The van der Waals surface area contributed by atoms with Gasteiger partial charge in [-0.3, -0.25) is 9.59 Å². The van der Waals surface area contributed by atoms with E-state index in [0.717, 1.165) is 15.7 Å². The van der Waals surface area contributed by atoms with E-state index in [2.05, 4.69) is 5.32 Å². The van der Waals surface area contributed by atoms with Gasteiger partial charge < -0.3 is 14.8 Å². The molecule has 0 saturated carbocycles. The van der Waals surface area contributed by atoms with Crippen LogP contribution >= 0.6 is 11.8 Å². The number of amides is 1. The van der Waals surface area contributed by atoms with E-state index in [1.807, 2.05) is 42.5 Å². The van der Waals surface area contributed by atoms with Gasteiger partial charge in [0.25, 0.3) is 5.91 Å². The van der Waals surface area contributed by atoms with E-state index in [9.17, 15) is 9.59 Å². The molecule has 3 aromatic carbocycles. The molecule has 5 nitrogen and oxygen atoms in total. The van der Waals surface area contributed by atoms with Gasteiger partial charge in [-0.1, -0.05) is 42.5 Å². The molecule has 1 amide bonds. The van der Waals surface area contributed by atoms with E-state index in [-0.39, 0.29) is 12.4 Å². The van der Waals surface area contributed by atoms with Gasteiger partial charge in [0.15, 0.2) is 6.61 Å². The average Bonchev–Trinajstić information content (AvgIpc) is 2.71. The third kappa shape index (κ3) is 5.24. The lowest BCUT2D eigenvalue weighted by Gasteiger charge is -2.10. The minimum atomic E-state index is -0.441. The fourth-order valence-corrected chi connectivity index (χ4v) is 3.26. The Morgan fingerprint density at radius 3 is 2.52 bits per heavy atom. The first kappa shape index (κ1) is 18.8.